The minimum absolute atomic E-state index is 0.221. The van der Waals surface area contributed by atoms with Gasteiger partial charge in [0, 0.05) is 24.8 Å². The van der Waals surface area contributed by atoms with Crippen LogP contribution in [0.1, 0.15) is 24.4 Å². The Labute approximate surface area is 99.5 Å². The molecular formula is C12H17NO4. The summed E-state index contributed by atoms with van der Waals surface area (Å²) < 4.78 is 5.25. The zero-order valence-corrected chi connectivity index (χ0v) is 9.47. The van der Waals surface area contributed by atoms with Gasteiger partial charge in [0.05, 0.1) is 0 Å². The van der Waals surface area contributed by atoms with E-state index in [-0.39, 0.29) is 23.5 Å². The molecule has 0 radical (unpaired) electrons. The summed E-state index contributed by atoms with van der Waals surface area (Å²) in [5.74, 6) is -0.960. The molecular weight excluding hydrogens is 222 g/mol. The van der Waals surface area contributed by atoms with Crippen LogP contribution in [0.4, 0.5) is 0 Å². The van der Waals surface area contributed by atoms with Gasteiger partial charge in [0.25, 0.3) is 0 Å². The smallest absolute Gasteiger partial charge is 0.200 e. The lowest BCUT2D eigenvalue weighted by Crippen LogP contribution is -2.27. The number of rotatable bonds is 2. The molecule has 1 aliphatic heterocycles. The van der Waals surface area contributed by atoms with Crippen LogP contribution in [0.15, 0.2) is 12.1 Å². The highest BCUT2D eigenvalue weighted by molar-refractivity contribution is 5.54. The van der Waals surface area contributed by atoms with Crippen LogP contribution >= 0.6 is 0 Å². The summed E-state index contributed by atoms with van der Waals surface area (Å²) in [5, 5.41) is 28.5. The molecule has 1 heterocycles. The highest BCUT2D eigenvalue weighted by atomic mass is 16.5. The molecule has 94 valence electrons. The normalized spacial score (nSPS) is 19.1. The maximum absolute atomic E-state index is 9.76. The third-order valence-electron chi connectivity index (χ3n) is 3.29. The number of phenols is 3. The van der Waals surface area contributed by atoms with Crippen molar-refractivity contribution >= 4 is 0 Å². The van der Waals surface area contributed by atoms with E-state index in [1.54, 1.807) is 6.07 Å². The molecule has 0 amide bonds. The highest BCUT2D eigenvalue weighted by Gasteiger charge is 2.25. The van der Waals surface area contributed by atoms with Gasteiger partial charge < -0.3 is 25.8 Å². The Balaban J connectivity index is 2.24. The average molecular weight is 239 g/mol. The largest absolute Gasteiger partial charge is 0.504 e. The molecule has 0 aliphatic carbocycles. The standard InChI is InChI=1S/C12H17NO4/c13-10(7-3-5-17-6-4-7)8-1-2-9(14)12(16)11(8)15/h1-2,7,10,14-16H,3-6,13H2/t10-/m1/s1. The van der Waals surface area contributed by atoms with Gasteiger partial charge in [-0.15, -0.1) is 0 Å². The fraction of sp³-hybridized carbons (Fsp3) is 0.500. The maximum Gasteiger partial charge on any atom is 0.200 e. The number of nitrogens with two attached hydrogens (primary N) is 1. The van der Waals surface area contributed by atoms with Gasteiger partial charge in [0.15, 0.2) is 11.5 Å². The van der Waals surface area contributed by atoms with E-state index in [1.165, 1.54) is 6.07 Å². The Morgan fingerprint density at radius 3 is 2.41 bits per heavy atom. The fourth-order valence-electron chi connectivity index (χ4n) is 2.18. The van der Waals surface area contributed by atoms with Crippen LogP contribution < -0.4 is 5.73 Å². The van der Waals surface area contributed by atoms with Crippen molar-refractivity contribution in [3.05, 3.63) is 17.7 Å². The molecule has 5 nitrogen and oxygen atoms in total. The molecule has 5 heteroatoms. The monoisotopic (exact) mass is 239 g/mol. The van der Waals surface area contributed by atoms with Crippen LogP contribution in [0.2, 0.25) is 0 Å². The Hall–Kier alpha value is -1.46. The number of hydrogen-bond acceptors (Lipinski definition) is 5. The lowest BCUT2D eigenvalue weighted by molar-refractivity contribution is 0.0580. The van der Waals surface area contributed by atoms with Crippen molar-refractivity contribution in [3.63, 3.8) is 0 Å². The van der Waals surface area contributed by atoms with E-state index in [2.05, 4.69) is 0 Å². The summed E-state index contributed by atoms with van der Waals surface area (Å²) in [6, 6.07) is 2.53. The molecule has 0 unspecified atom stereocenters. The third kappa shape index (κ3) is 2.30. The topological polar surface area (TPSA) is 95.9 Å². The van der Waals surface area contributed by atoms with Crippen molar-refractivity contribution in [1.29, 1.82) is 0 Å². The van der Waals surface area contributed by atoms with Crippen LogP contribution in [-0.2, 0) is 4.74 Å². The van der Waals surface area contributed by atoms with Crippen LogP contribution in [0.3, 0.4) is 0 Å². The van der Waals surface area contributed by atoms with E-state index in [0.717, 1.165) is 12.8 Å². The van der Waals surface area contributed by atoms with Gasteiger partial charge in [-0.2, -0.15) is 0 Å². The zero-order valence-electron chi connectivity index (χ0n) is 9.47. The maximum atomic E-state index is 9.76. The molecule has 1 saturated heterocycles. The van der Waals surface area contributed by atoms with Crippen LogP contribution in [0.25, 0.3) is 0 Å². The van der Waals surface area contributed by atoms with E-state index in [4.69, 9.17) is 10.5 Å². The summed E-state index contributed by atoms with van der Waals surface area (Å²) in [5.41, 5.74) is 6.55. The Kier molecular flexibility index (Phi) is 3.40. The van der Waals surface area contributed by atoms with Gasteiger partial charge in [0.1, 0.15) is 0 Å². The predicted molar refractivity (Wildman–Crippen MR) is 61.9 cm³/mol. The molecule has 0 saturated carbocycles. The second-order valence-corrected chi connectivity index (χ2v) is 4.35. The lowest BCUT2D eigenvalue weighted by atomic mass is 9.87. The van der Waals surface area contributed by atoms with Crippen molar-refractivity contribution in [2.75, 3.05) is 13.2 Å². The van der Waals surface area contributed by atoms with E-state index in [1.807, 2.05) is 0 Å². The van der Waals surface area contributed by atoms with Crippen LogP contribution in [0.5, 0.6) is 17.2 Å². The second kappa shape index (κ2) is 4.81. The molecule has 2 rings (SSSR count). The molecule has 17 heavy (non-hydrogen) atoms. The molecule has 1 atom stereocenters. The van der Waals surface area contributed by atoms with E-state index >= 15 is 0 Å². The Morgan fingerprint density at radius 2 is 1.76 bits per heavy atom. The van der Waals surface area contributed by atoms with Gasteiger partial charge >= 0.3 is 0 Å². The molecule has 1 aliphatic rings. The van der Waals surface area contributed by atoms with Gasteiger partial charge in [-0.05, 0) is 30.9 Å². The molecule has 0 aromatic heterocycles. The third-order valence-corrected chi connectivity index (χ3v) is 3.29. The summed E-state index contributed by atoms with van der Waals surface area (Å²) in [6.45, 7) is 1.34. The molecule has 1 aromatic carbocycles. The van der Waals surface area contributed by atoms with E-state index in [0.29, 0.717) is 18.8 Å². The predicted octanol–water partition coefficient (Wildman–Crippen LogP) is 1.23. The number of ether oxygens (including phenoxy) is 1. The quantitative estimate of drug-likeness (QED) is 0.582. The van der Waals surface area contributed by atoms with Crippen molar-refractivity contribution < 1.29 is 20.1 Å². The first kappa shape index (κ1) is 12.0. The van der Waals surface area contributed by atoms with Gasteiger partial charge in [-0.3, -0.25) is 0 Å². The SMILES string of the molecule is N[C@@H](c1ccc(O)c(O)c1O)C1CCOCC1. The first-order valence-electron chi connectivity index (χ1n) is 5.68. The van der Waals surface area contributed by atoms with Gasteiger partial charge in [-0.25, -0.2) is 0 Å². The first-order chi connectivity index (χ1) is 8.11. The summed E-state index contributed by atoms with van der Waals surface area (Å²) >= 11 is 0. The van der Waals surface area contributed by atoms with E-state index < -0.39 is 5.75 Å². The minimum Gasteiger partial charge on any atom is -0.504 e. The number of hydrogen-bond donors (Lipinski definition) is 4. The Morgan fingerprint density at radius 1 is 1.12 bits per heavy atom. The lowest BCUT2D eigenvalue weighted by Gasteiger charge is -2.28. The summed E-state index contributed by atoms with van der Waals surface area (Å²) in [7, 11) is 0. The average Bonchev–Trinajstić information content (AvgIpc) is 2.36. The van der Waals surface area contributed by atoms with Crippen molar-refractivity contribution in [2.24, 2.45) is 11.7 Å². The van der Waals surface area contributed by atoms with Gasteiger partial charge in [-0.1, -0.05) is 0 Å². The van der Waals surface area contributed by atoms with Gasteiger partial charge in [0.2, 0.25) is 5.75 Å². The molecule has 0 spiro atoms. The van der Waals surface area contributed by atoms with Crippen molar-refractivity contribution in [2.45, 2.75) is 18.9 Å². The minimum atomic E-state index is -0.509. The number of benzene rings is 1. The molecule has 0 bridgehead atoms. The first-order valence-corrected chi connectivity index (χ1v) is 5.68. The number of phenolic OH excluding ortho intramolecular Hbond substituents is 3. The second-order valence-electron chi connectivity index (χ2n) is 4.35. The van der Waals surface area contributed by atoms with Crippen LogP contribution in [0, 0.1) is 5.92 Å². The number of aromatic hydroxyl groups is 3. The molecule has 5 N–H and O–H groups in total. The summed E-state index contributed by atoms with van der Waals surface area (Å²) in [6.07, 6.45) is 1.67. The Bertz CT molecular complexity index is 402. The zero-order chi connectivity index (χ0) is 12.4. The summed E-state index contributed by atoms with van der Waals surface area (Å²) in [4.78, 5) is 0. The highest BCUT2D eigenvalue weighted by Crippen LogP contribution is 2.41. The van der Waals surface area contributed by atoms with Crippen molar-refractivity contribution in [3.8, 4) is 17.2 Å². The van der Waals surface area contributed by atoms with Crippen LogP contribution in [-0.4, -0.2) is 28.5 Å². The molecule has 1 fully saturated rings. The van der Waals surface area contributed by atoms with Crippen molar-refractivity contribution in [1.82, 2.24) is 0 Å². The molecule has 1 aromatic rings. The fourth-order valence-corrected chi connectivity index (χ4v) is 2.18. The van der Waals surface area contributed by atoms with E-state index in [9.17, 15) is 15.3 Å².